The van der Waals surface area contributed by atoms with Gasteiger partial charge in [-0.05, 0) is 36.0 Å². The van der Waals surface area contributed by atoms with Gasteiger partial charge in [-0.25, -0.2) is 0 Å². The van der Waals surface area contributed by atoms with Gasteiger partial charge < -0.3 is 5.73 Å². The molecule has 0 heterocycles. The van der Waals surface area contributed by atoms with E-state index < -0.39 is 0 Å². The van der Waals surface area contributed by atoms with E-state index in [4.69, 9.17) is 5.73 Å². The number of rotatable bonds is 0. The molecule has 0 aliphatic heterocycles. The first-order chi connectivity index (χ1) is 4.97. The predicted octanol–water partition coefficient (Wildman–Crippen LogP) is 2.16. The first-order valence-corrected chi connectivity index (χ1v) is 4.72. The zero-order valence-electron chi connectivity index (χ0n) is 7.85. The molecule has 11 heavy (non-hydrogen) atoms. The van der Waals surface area contributed by atoms with Gasteiger partial charge in [0.15, 0.2) is 0 Å². The van der Waals surface area contributed by atoms with E-state index in [0.29, 0.717) is 16.9 Å². The van der Waals surface area contributed by atoms with Crippen LogP contribution in [-0.4, -0.2) is 6.04 Å². The van der Waals surface area contributed by atoms with Crippen molar-refractivity contribution in [2.75, 3.05) is 0 Å². The molecule has 0 radical (unpaired) electrons. The average Bonchev–Trinajstić information content (AvgIpc) is 2.36. The largest absolute Gasteiger partial charge is 0.327 e. The van der Waals surface area contributed by atoms with Gasteiger partial charge in [0.05, 0.1) is 0 Å². The van der Waals surface area contributed by atoms with E-state index >= 15 is 0 Å². The molecular weight excluding hydrogens is 134 g/mol. The summed E-state index contributed by atoms with van der Waals surface area (Å²) in [7, 11) is 0. The summed E-state index contributed by atoms with van der Waals surface area (Å²) >= 11 is 0. The van der Waals surface area contributed by atoms with Crippen molar-refractivity contribution in [2.24, 2.45) is 22.5 Å². The molecule has 1 nitrogen and oxygen atoms in total. The summed E-state index contributed by atoms with van der Waals surface area (Å²) in [4.78, 5) is 0. The number of hydrogen-bond donors (Lipinski definition) is 1. The van der Waals surface area contributed by atoms with Gasteiger partial charge in [-0.3, -0.25) is 0 Å². The summed E-state index contributed by atoms with van der Waals surface area (Å²) in [6, 6.07) is 0.439. The van der Waals surface area contributed by atoms with Crippen LogP contribution >= 0.6 is 0 Å². The second-order valence-corrected chi connectivity index (χ2v) is 5.39. The van der Waals surface area contributed by atoms with Gasteiger partial charge in [0.2, 0.25) is 0 Å². The highest BCUT2D eigenvalue weighted by atomic mass is 14.8. The fraction of sp³-hybridized carbons (Fsp3) is 1.00. The molecule has 2 bridgehead atoms. The zero-order valence-corrected chi connectivity index (χ0v) is 7.85. The monoisotopic (exact) mass is 153 g/mol. The Kier molecular flexibility index (Phi) is 1.26. The molecule has 2 fully saturated rings. The van der Waals surface area contributed by atoms with E-state index in [2.05, 4.69) is 20.8 Å². The third-order valence-electron chi connectivity index (χ3n) is 4.38. The van der Waals surface area contributed by atoms with Gasteiger partial charge in [0.1, 0.15) is 0 Å². The third kappa shape index (κ3) is 0.752. The Morgan fingerprint density at radius 1 is 1.27 bits per heavy atom. The summed E-state index contributed by atoms with van der Waals surface area (Å²) in [5, 5.41) is 0. The number of hydrogen-bond acceptors (Lipinski definition) is 1. The van der Waals surface area contributed by atoms with Crippen LogP contribution in [0.15, 0.2) is 0 Å². The van der Waals surface area contributed by atoms with Gasteiger partial charge in [-0.1, -0.05) is 20.8 Å². The van der Waals surface area contributed by atoms with Crippen LogP contribution in [0.5, 0.6) is 0 Å². The number of nitrogens with two attached hydrogens (primary N) is 1. The average molecular weight is 153 g/mol. The normalized spacial score (nSPS) is 53.5. The first kappa shape index (κ1) is 7.60. The van der Waals surface area contributed by atoms with Crippen molar-refractivity contribution >= 4 is 0 Å². The molecule has 0 saturated heterocycles. The minimum atomic E-state index is 0.410. The highest BCUT2D eigenvalue weighted by Crippen LogP contribution is 2.61. The molecular formula is C10H19N. The molecule has 3 atom stereocenters. The van der Waals surface area contributed by atoms with Crippen molar-refractivity contribution in [3.63, 3.8) is 0 Å². The Labute approximate surface area is 69.4 Å². The smallest absolute Gasteiger partial charge is 0.0147 e. The van der Waals surface area contributed by atoms with Crippen molar-refractivity contribution in [3.05, 3.63) is 0 Å². The van der Waals surface area contributed by atoms with E-state index in [9.17, 15) is 0 Å². The maximum Gasteiger partial charge on any atom is 0.0147 e. The fourth-order valence-corrected chi connectivity index (χ4v) is 3.34. The quantitative estimate of drug-likeness (QED) is 0.567. The summed E-state index contributed by atoms with van der Waals surface area (Å²) in [6.07, 6.45) is 4.15. The molecule has 64 valence electrons. The molecule has 2 saturated carbocycles. The standard InChI is InChI=1S/C10H19N/c1-9(2)7-4-5-10(3,6-7)8(9)11/h7-8H,4-6,11H2,1-3H3/t7-,8+,10+/m0/s1. The van der Waals surface area contributed by atoms with E-state index in [1.807, 2.05) is 0 Å². The summed E-state index contributed by atoms with van der Waals surface area (Å²) in [6.45, 7) is 7.05. The molecule has 2 rings (SSSR count). The van der Waals surface area contributed by atoms with Gasteiger partial charge in [-0.2, -0.15) is 0 Å². The van der Waals surface area contributed by atoms with Gasteiger partial charge >= 0.3 is 0 Å². The van der Waals surface area contributed by atoms with Crippen molar-refractivity contribution in [2.45, 2.75) is 46.1 Å². The molecule has 2 aliphatic rings. The molecule has 2 aliphatic carbocycles. The van der Waals surface area contributed by atoms with E-state index in [1.54, 1.807) is 0 Å². The maximum absolute atomic E-state index is 6.23. The second kappa shape index (κ2) is 1.82. The van der Waals surface area contributed by atoms with Gasteiger partial charge in [0, 0.05) is 6.04 Å². The predicted molar refractivity (Wildman–Crippen MR) is 47.2 cm³/mol. The van der Waals surface area contributed by atoms with Crippen molar-refractivity contribution in [1.29, 1.82) is 0 Å². The molecule has 1 heteroatoms. The molecule has 2 N–H and O–H groups in total. The number of fused-ring (bicyclic) bond motifs is 2. The van der Waals surface area contributed by atoms with Crippen LogP contribution in [-0.2, 0) is 0 Å². The summed E-state index contributed by atoms with van der Waals surface area (Å²) < 4.78 is 0. The van der Waals surface area contributed by atoms with Crippen molar-refractivity contribution < 1.29 is 0 Å². The van der Waals surface area contributed by atoms with E-state index in [0.717, 1.165) is 5.92 Å². The Balaban J connectivity index is 2.34. The van der Waals surface area contributed by atoms with Crippen molar-refractivity contribution in [1.82, 2.24) is 0 Å². The molecule has 0 aromatic rings. The summed E-state index contributed by atoms with van der Waals surface area (Å²) in [5.41, 5.74) is 7.12. The maximum atomic E-state index is 6.23. The first-order valence-electron chi connectivity index (χ1n) is 4.72. The zero-order chi connectivity index (χ0) is 8.28. The second-order valence-electron chi connectivity index (χ2n) is 5.39. The van der Waals surface area contributed by atoms with Crippen molar-refractivity contribution in [3.8, 4) is 0 Å². The van der Waals surface area contributed by atoms with Crippen LogP contribution in [0.2, 0.25) is 0 Å². The minimum absolute atomic E-state index is 0.410. The van der Waals surface area contributed by atoms with Crippen LogP contribution in [0.3, 0.4) is 0 Å². The molecule has 0 spiro atoms. The van der Waals surface area contributed by atoms with Crippen LogP contribution < -0.4 is 5.73 Å². The molecule has 0 unspecified atom stereocenters. The Hall–Kier alpha value is -0.0400. The van der Waals surface area contributed by atoms with E-state index in [-0.39, 0.29) is 0 Å². The molecule has 0 aromatic heterocycles. The lowest BCUT2D eigenvalue weighted by atomic mass is 9.69. The highest BCUT2D eigenvalue weighted by molar-refractivity contribution is 5.10. The Morgan fingerprint density at radius 2 is 1.91 bits per heavy atom. The third-order valence-corrected chi connectivity index (χ3v) is 4.38. The van der Waals surface area contributed by atoms with Gasteiger partial charge in [0.25, 0.3) is 0 Å². The van der Waals surface area contributed by atoms with Gasteiger partial charge in [-0.15, -0.1) is 0 Å². The minimum Gasteiger partial charge on any atom is -0.327 e. The highest BCUT2D eigenvalue weighted by Gasteiger charge is 2.57. The lowest BCUT2D eigenvalue weighted by molar-refractivity contribution is 0.141. The topological polar surface area (TPSA) is 26.0 Å². The lowest BCUT2D eigenvalue weighted by Crippen LogP contribution is -2.46. The Bertz CT molecular complexity index is 181. The van der Waals surface area contributed by atoms with E-state index in [1.165, 1.54) is 19.3 Å². The van der Waals surface area contributed by atoms with Crippen LogP contribution in [0, 0.1) is 16.7 Å². The fourth-order valence-electron chi connectivity index (χ4n) is 3.34. The molecule has 0 amide bonds. The van der Waals surface area contributed by atoms with Crippen LogP contribution in [0.25, 0.3) is 0 Å². The van der Waals surface area contributed by atoms with Crippen LogP contribution in [0.1, 0.15) is 40.0 Å². The summed E-state index contributed by atoms with van der Waals surface area (Å²) in [5.74, 6) is 0.905. The SMILES string of the molecule is CC1(C)[C@H]2CC[C@](C)(C2)[C@@H]1N. The van der Waals surface area contributed by atoms with Crippen LogP contribution in [0.4, 0.5) is 0 Å². The Morgan fingerprint density at radius 3 is 2.18 bits per heavy atom. The lowest BCUT2D eigenvalue weighted by Gasteiger charge is -2.40. The molecule has 0 aromatic carbocycles.